The van der Waals surface area contributed by atoms with Gasteiger partial charge in [0.1, 0.15) is 0 Å². The molecule has 4 rings (SSSR count). The molecule has 2 heterocycles. The fraction of sp³-hybridized carbons (Fsp3) is 0.333. The number of nitriles is 1. The molecule has 1 saturated heterocycles. The fourth-order valence-corrected chi connectivity index (χ4v) is 4.90. The molecule has 2 aliphatic heterocycles. The van der Waals surface area contributed by atoms with Gasteiger partial charge in [-0.15, -0.1) is 0 Å². The molecular weight excluding hydrogens is 396 g/mol. The molecular formula is C21H19F2N3O2S. The number of amides is 1. The summed E-state index contributed by atoms with van der Waals surface area (Å²) in [5.41, 5.74) is 2.55. The molecule has 1 amide bonds. The number of nitrogens with zero attached hydrogens (tertiary/aromatic N) is 3. The first-order chi connectivity index (χ1) is 13.9. The standard InChI is InChI=1S/C21H19F2N3O2S/c22-21(23)7-9-25(10-8-21)20(27)16-3-6-18-19(13-16)29(28)12-11-26(18)17-4-1-15(14-24)2-5-17/h1-6,13H,7-12H2. The molecule has 29 heavy (non-hydrogen) atoms. The van der Waals surface area contributed by atoms with E-state index in [1.807, 2.05) is 17.0 Å². The summed E-state index contributed by atoms with van der Waals surface area (Å²) < 4.78 is 39.4. The molecule has 0 saturated carbocycles. The molecule has 0 radical (unpaired) electrons. The fourth-order valence-electron chi connectivity index (χ4n) is 3.66. The van der Waals surface area contributed by atoms with E-state index in [2.05, 4.69) is 6.07 Å². The number of carbonyl (C=O) groups excluding carboxylic acids is 1. The molecule has 5 nitrogen and oxygen atoms in total. The van der Waals surface area contributed by atoms with Gasteiger partial charge in [-0.1, -0.05) is 0 Å². The van der Waals surface area contributed by atoms with Crippen LogP contribution in [-0.2, 0) is 10.8 Å². The number of anilines is 2. The summed E-state index contributed by atoms with van der Waals surface area (Å²) in [5, 5.41) is 8.97. The lowest BCUT2D eigenvalue weighted by atomic mass is 10.1. The van der Waals surface area contributed by atoms with Crippen LogP contribution in [0.1, 0.15) is 28.8 Å². The van der Waals surface area contributed by atoms with Gasteiger partial charge in [0.05, 0.1) is 33.0 Å². The van der Waals surface area contributed by atoms with Gasteiger partial charge in [0.25, 0.3) is 11.8 Å². The first-order valence-corrected chi connectivity index (χ1v) is 10.7. The summed E-state index contributed by atoms with van der Waals surface area (Å²) in [6.45, 7) is 0.590. The predicted octanol–water partition coefficient (Wildman–Crippen LogP) is 3.69. The maximum atomic E-state index is 13.4. The van der Waals surface area contributed by atoms with Crippen molar-refractivity contribution in [1.29, 1.82) is 5.26 Å². The van der Waals surface area contributed by atoms with Crippen molar-refractivity contribution < 1.29 is 17.8 Å². The number of alkyl halides is 2. The number of hydrogen-bond donors (Lipinski definition) is 0. The van der Waals surface area contributed by atoms with Gasteiger partial charge in [0.2, 0.25) is 0 Å². The van der Waals surface area contributed by atoms with Crippen molar-refractivity contribution in [3.63, 3.8) is 0 Å². The third-order valence-electron chi connectivity index (χ3n) is 5.33. The van der Waals surface area contributed by atoms with E-state index in [0.29, 0.717) is 28.3 Å². The third-order valence-corrected chi connectivity index (χ3v) is 6.70. The van der Waals surface area contributed by atoms with E-state index in [0.717, 1.165) is 11.4 Å². The average molecular weight is 415 g/mol. The zero-order valence-electron chi connectivity index (χ0n) is 15.6. The molecule has 2 aromatic carbocycles. The molecule has 8 heteroatoms. The molecule has 0 N–H and O–H groups in total. The van der Waals surface area contributed by atoms with Crippen molar-refractivity contribution in [2.24, 2.45) is 0 Å². The van der Waals surface area contributed by atoms with Gasteiger partial charge in [-0.2, -0.15) is 5.26 Å². The number of benzene rings is 2. The van der Waals surface area contributed by atoms with E-state index >= 15 is 0 Å². The topological polar surface area (TPSA) is 64.4 Å². The van der Waals surface area contributed by atoms with E-state index < -0.39 is 16.7 Å². The minimum Gasteiger partial charge on any atom is -0.340 e. The van der Waals surface area contributed by atoms with Crippen LogP contribution in [0.15, 0.2) is 47.4 Å². The molecule has 0 aliphatic carbocycles. The summed E-state index contributed by atoms with van der Waals surface area (Å²) in [6.07, 6.45) is -0.663. The number of halogens is 2. The van der Waals surface area contributed by atoms with Crippen LogP contribution >= 0.6 is 0 Å². The molecule has 2 aliphatic rings. The van der Waals surface area contributed by atoms with Gasteiger partial charge >= 0.3 is 0 Å². The zero-order valence-corrected chi connectivity index (χ0v) is 16.4. The number of rotatable bonds is 2. The van der Waals surface area contributed by atoms with Crippen molar-refractivity contribution in [1.82, 2.24) is 4.90 Å². The predicted molar refractivity (Wildman–Crippen MR) is 106 cm³/mol. The highest BCUT2D eigenvalue weighted by Gasteiger charge is 2.36. The Bertz CT molecular complexity index is 1010. The molecule has 1 atom stereocenters. The van der Waals surface area contributed by atoms with E-state index in [4.69, 9.17) is 5.26 Å². The quantitative estimate of drug-likeness (QED) is 0.751. The maximum absolute atomic E-state index is 13.4. The largest absolute Gasteiger partial charge is 0.340 e. The smallest absolute Gasteiger partial charge is 0.253 e. The minimum atomic E-state index is -2.71. The van der Waals surface area contributed by atoms with E-state index in [9.17, 15) is 17.8 Å². The molecule has 0 aromatic heterocycles. The van der Waals surface area contributed by atoms with Crippen LogP contribution in [-0.4, -0.2) is 46.3 Å². The molecule has 0 bridgehead atoms. The van der Waals surface area contributed by atoms with Crippen LogP contribution < -0.4 is 4.90 Å². The number of carbonyl (C=O) groups is 1. The van der Waals surface area contributed by atoms with E-state index in [-0.39, 0.29) is 31.8 Å². The Kier molecular flexibility index (Phi) is 5.09. The van der Waals surface area contributed by atoms with Crippen molar-refractivity contribution in [2.45, 2.75) is 23.7 Å². The molecule has 1 fully saturated rings. The van der Waals surface area contributed by atoms with Crippen molar-refractivity contribution >= 4 is 28.1 Å². The highest BCUT2D eigenvalue weighted by atomic mass is 32.2. The first-order valence-electron chi connectivity index (χ1n) is 9.35. The Morgan fingerprint density at radius 3 is 2.41 bits per heavy atom. The second-order valence-electron chi connectivity index (χ2n) is 7.19. The van der Waals surface area contributed by atoms with Crippen LogP contribution in [0.25, 0.3) is 0 Å². The zero-order chi connectivity index (χ0) is 20.6. The molecule has 150 valence electrons. The lowest BCUT2D eigenvalue weighted by Gasteiger charge is -2.33. The van der Waals surface area contributed by atoms with Crippen LogP contribution in [0.2, 0.25) is 0 Å². The average Bonchev–Trinajstić information content (AvgIpc) is 2.73. The first kappa shape index (κ1) is 19.5. The highest BCUT2D eigenvalue weighted by molar-refractivity contribution is 7.85. The van der Waals surface area contributed by atoms with Gasteiger partial charge in [0.15, 0.2) is 0 Å². The second kappa shape index (κ2) is 7.56. The summed E-state index contributed by atoms with van der Waals surface area (Å²) in [4.78, 5) is 16.8. The third kappa shape index (κ3) is 3.87. The summed E-state index contributed by atoms with van der Waals surface area (Å²) >= 11 is 0. The van der Waals surface area contributed by atoms with Gasteiger partial charge in [-0.05, 0) is 42.5 Å². The lowest BCUT2D eigenvalue weighted by Crippen LogP contribution is -2.42. The van der Waals surface area contributed by atoms with E-state index in [1.54, 1.807) is 30.3 Å². The van der Waals surface area contributed by atoms with Gasteiger partial charge < -0.3 is 9.80 Å². The maximum Gasteiger partial charge on any atom is 0.253 e. The Labute approximate surface area is 170 Å². The summed E-state index contributed by atoms with van der Waals surface area (Å²) in [5.74, 6) is -2.60. The van der Waals surface area contributed by atoms with Gasteiger partial charge in [0, 0.05) is 49.5 Å². The molecule has 1 unspecified atom stereocenters. The number of likely N-dealkylation sites (tertiary alicyclic amines) is 1. The lowest BCUT2D eigenvalue weighted by molar-refractivity contribution is -0.0494. The Hall–Kier alpha value is -2.79. The normalized spacial score (nSPS) is 20.7. The van der Waals surface area contributed by atoms with Crippen molar-refractivity contribution in [3.05, 3.63) is 53.6 Å². The van der Waals surface area contributed by atoms with Crippen molar-refractivity contribution in [3.8, 4) is 6.07 Å². The van der Waals surface area contributed by atoms with Crippen LogP contribution in [0, 0.1) is 11.3 Å². The molecule has 0 spiro atoms. The van der Waals surface area contributed by atoms with Crippen LogP contribution in [0.3, 0.4) is 0 Å². The highest BCUT2D eigenvalue weighted by Crippen LogP contribution is 2.35. The SMILES string of the molecule is N#Cc1ccc(N2CCS(=O)c3cc(C(=O)N4CCC(F)(F)CC4)ccc32)cc1. The summed E-state index contributed by atoms with van der Waals surface area (Å²) in [6, 6.07) is 14.3. The Balaban J connectivity index is 1.61. The van der Waals surface area contributed by atoms with Crippen LogP contribution in [0.5, 0.6) is 0 Å². The molecule has 2 aromatic rings. The van der Waals surface area contributed by atoms with Crippen molar-refractivity contribution in [2.75, 3.05) is 30.3 Å². The summed E-state index contributed by atoms with van der Waals surface area (Å²) in [7, 11) is -1.24. The van der Waals surface area contributed by atoms with Gasteiger partial charge in [-0.3, -0.25) is 9.00 Å². The van der Waals surface area contributed by atoms with E-state index in [1.165, 1.54) is 4.90 Å². The van der Waals surface area contributed by atoms with Gasteiger partial charge in [-0.25, -0.2) is 8.78 Å². The number of fused-ring (bicyclic) bond motifs is 1. The Morgan fingerprint density at radius 2 is 1.76 bits per heavy atom. The second-order valence-corrected chi connectivity index (χ2v) is 8.73. The Morgan fingerprint density at radius 1 is 1.07 bits per heavy atom. The number of hydrogen-bond acceptors (Lipinski definition) is 4. The van der Waals surface area contributed by atoms with Crippen LogP contribution in [0.4, 0.5) is 20.2 Å². The number of piperidine rings is 1. The monoisotopic (exact) mass is 415 g/mol. The minimum absolute atomic E-state index is 0.0172.